The third-order valence-corrected chi connectivity index (χ3v) is 2.59. The molecule has 0 aliphatic rings. The molecule has 2 aromatic heterocycles. The molecule has 0 saturated heterocycles. The van der Waals surface area contributed by atoms with Gasteiger partial charge < -0.3 is 4.40 Å². The molecule has 0 N–H and O–H groups in total. The molecular formula is C13H16N2O. The number of fused-ring (bicyclic) bond motifs is 1. The zero-order chi connectivity index (χ0) is 11.7. The lowest BCUT2D eigenvalue weighted by molar-refractivity contribution is 0.112. The van der Waals surface area contributed by atoms with Crippen LogP contribution in [0.2, 0.25) is 0 Å². The molecule has 0 aliphatic heterocycles. The van der Waals surface area contributed by atoms with Gasteiger partial charge in [0.15, 0.2) is 6.29 Å². The lowest BCUT2D eigenvalue weighted by Gasteiger charge is -2.04. The molecule has 0 aromatic carbocycles. The molecule has 2 rings (SSSR count). The number of carbonyl (C=O) groups excluding carboxylic acids is 1. The van der Waals surface area contributed by atoms with Crippen molar-refractivity contribution in [2.75, 3.05) is 0 Å². The first-order valence-electron chi connectivity index (χ1n) is 5.54. The van der Waals surface area contributed by atoms with Crippen molar-refractivity contribution < 1.29 is 4.79 Å². The van der Waals surface area contributed by atoms with E-state index in [1.807, 2.05) is 29.7 Å². The zero-order valence-corrected chi connectivity index (χ0v) is 9.90. The van der Waals surface area contributed by atoms with Gasteiger partial charge in [0, 0.05) is 12.6 Å². The maximum absolute atomic E-state index is 10.9. The number of imidazole rings is 1. The van der Waals surface area contributed by atoms with Crippen LogP contribution in [0.15, 0.2) is 18.3 Å². The molecule has 0 bridgehead atoms. The van der Waals surface area contributed by atoms with E-state index in [4.69, 9.17) is 0 Å². The summed E-state index contributed by atoms with van der Waals surface area (Å²) in [6, 6.07) is 3.96. The molecule has 84 valence electrons. The van der Waals surface area contributed by atoms with Crippen molar-refractivity contribution >= 4 is 11.8 Å². The van der Waals surface area contributed by atoms with Crippen molar-refractivity contribution in [3.05, 3.63) is 35.4 Å². The summed E-state index contributed by atoms with van der Waals surface area (Å²) in [5, 5.41) is 0. The largest absolute Gasteiger partial charge is 0.303 e. The fourth-order valence-electron chi connectivity index (χ4n) is 1.88. The summed E-state index contributed by atoms with van der Waals surface area (Å²) in [7, 11) is 0. The third kappa shape index (κ3) is 1.85. The highest BCUT2D eigenvalue weighted by Gasteiger charge is 2.11. The summed E-state index contributed by atoms with van der Waals surface area (Å²) in [5.41, 5.74) is 2.61. The fraction of sp³-hybridized carbons (Fsp3) is 0.385. The predicted molar refractivity (Wildman–Crippen MR) is 63.9 cm³/mol. The minimum absolute atomic E-state index is 0.533. The molecule has 0 fully saturated rings. The Kier molecular flexibility index (Phi) is 2.77. The molecule has 0 spiro atoms. The Bertz CT molecular complexity index is 526. The maximum Gasteiger partial charge on any atom is 0.170 e. The van der Waals surface area contributed by atoms with Crippen LogP contribution < -0.4 is 0 Å². The van der Waals surface area contributed by atoms with E-state index in [9.17, 15) is 4.79 Å². The predicted octanol–water partition coefficient (Wildman–Crippen LogP) is 2.65. The molecule has 0 atom stereocenters. The van der Waals surface area contributed by atoms with Gasteiger partial charge in [-0.15, -0.1) is 0 Å². The molecule has 0 radical (unpaired) electrons. The van der Waals surface area contributed by atoms with Crippen LogP contribution in [0, 0.1) is 12.8 Å². The highest BCUT2D eigenvalue weighted by atomic mass is 16.1. The summed E-state index contributed by atoms with van der Waals surface area (Å²) >= 11 is 0. The summed E-state index contributed by atoms with van der Waals surface area (Å²) in [4.78, 5) is 15.3. The Morgan fingerprint density at radius 3 is 2.81 bits per heavy atom. The standard InChI is InChI=1S/C13H16N2O/c1-9(2)6-13-14-11(8-16)12-5-4-10(3)7-15(12)13/h4-5,7-9H,6H2,1-3H3. The fourth-order valence-corrected chi connectivity index (χ4v) is 1.88. The molecule has 3 heteroatoms. The van der Waals surface area contributed by atoms with Crippen LogP contribution in [0.1, 0.15) is 35.7 Å². The van der Waals surface area contributed by atoms with Crippen molar-refractivity contribution in [1.82, 2.24) is 9.38 Å². The average molecular weight is 216 g/mol. The van der Waals surface area contributed by atoms with Gasteiger partial charge in [0.25, 0.3) is 0 Å². The second-order valence-electron chi connectivity index (χ2n) is 4.59. The van der Waals surface area contributed by atoms with Crippen LogP contribution in [-0.2, 0) is 6.42 Å². The van der Waals surface area contributed by atoms with E-state index in [-0.39, 0.29) is 0 Å². The van der Waals surface area contributed by atoms with Gasteiger partial charge in [-0.1, -0.05) is 19.9 Å². The minimum atomic E-state index is 0.533. The Balaban J connectivity index is 2.64. The van der Waals surface area contributed by atoms with E-state index in [1.54, 1.807) is 0 Å². The lowest BCUT2D eigenvalue weighted by Crippen LogP contribution is -2.00. The average Bonchev–Trinajstić information content (AvgIpc) is 2.55. The van der Waals surface area contributed by atoms with E-state index < -0.39 is 0 Å². The SMILES string of the molecule is Cc1ccc2c(C=O)nc(CC(C)C)n2c1. The van der Waals surface area contributed by atoms with E-state index in [0.29, 0.717) is 11.6 Å². The van der Waals surface area contributed by atoms with Gasteiger partial charge in [0.2, 0.25) is 0 Å². The summed E-state index contributed by atoms with van der Waals surface area (Å²) in [5.74, 6) is 1.50. The van der Waals surface area contributed by atoms with Gasteiger partial charge in [-0.3, -0.25) is 4.79 Å². The number of hydrogen-bond donors (Lipinski definition) is 0. The highest BCUT2D eigenvalue weighted by Crippen LogP contribution is 2.15. The summed E-state index contributed by atoms with van der Waals surface area (Å²) in [6.45, 7) is 6.34. The monoisotopic (exact) mass is 216 g/mol. The van der Waals surface area contributed by atoms with E-state index in [0.717, 1.165) is 24.0 Å². The van der Waals surface area contributed by atoms with E-state index in [1.165, 1.54) is 5.56 Å². The van der Waals surface area contributed by atoms with Crippen LogP contribution in [0.5, 0.6) is 0 Å². The first kappa shape index (κ1) is 10.9. The van der Waals surface area contributed by atoms with Crippen molar-refractivity contribution in [2.24, 2.45) is 5.92 Å². The van der Waals surface area contributed by atoms with Crippen LogP contribution in [-0.4, -0.2) is 15.7 Å². The molecular weight excluding hydrogens is 200 g/mol. The van der Waals surface area contributed by atoms with Crippen LogP contribution in [0.3, 0.4) is 0 Å². The quantitative estimate of drug-likeness (QED) is 0.739. The Hall–Kier alpha value is -1.64. The minimum Gasteiger partial charge on any atom is -0.303 e. The van der Waals surface area contributed by atoms with Crippen LogP contribution in [0.25, 0.3) is 5.52 Å². The second kappa shape index (κ2) is 4.08. The number of aldehydes is 1. The Morgan fingerprint density at radius 2 is 2.19 bits per heavy atom. The second-order valence-corrected chi connectivity index (χ2v) is 4.59. The number of hydrogen-bond acceptors (Lipinski definition) is 2. The first-order chi connectivity index (χ1) is 7.61. The van der Waals surface area contributed by atoms with Crippen molar-refractivity contribution in [3.8, 4) is 0 Å². The highest BCUT2D eigenvalue weighted by molar-refractivity contribution is 5.83. The van der Waals surface area contributed by atoms with Gasteiger partial charge in [-0.25, -0.2) is 4.98 Å². The summed E-state index contributed by atoms with van der Waals surface area (Å²) < 4.78 is 2.03. The van der Waals surface area contributed by atoms with E-state index >= 15 is 0 Å². The van der Waals surface area contributed by atoms with Crippen LogP contribution in [0.4, 0.5) is 0 Å². The Labute approximate surface area is 95.1 Å². The molecule has 2 aromatic rings. The molecule has 0 aliphatic carbocycles. The van der Waals surface area contributed by atoms with Crippen molar-refractivity contribution in [3.63, 3.8) is 0 Å². The normalized spacial score (nSPS) is 11.2. The van der Waals surface area contributed by atoms with Crippen molar-refractivity contribution in [1.29, 1.82) is 0 Å². The molecule has 2 heterocycles. The summed E-state index contributed by atoms with van der Waals surface area (Å²) in [6.07, 6.45) is 3.75. The molecule has 0 unspecified atom stereocenters. The Morgan fingerprint density at radius 1 is 1.44 bits per heavy atom. The van der Waals surface area contributed by atoms with Crippen molar-refractivity contribution in [2.45, 2.75) is 27.2 Å². The van der Waals surface area contributed by atoms with Gasteiger partial charge in [0.05, 0.1) is 5.52 Å². The first-order valence-corrected chi connectivity index (χ1v) is 5.54. The van der Waals surface area contributed by atoms with Gasteiger partial charge in [0.1, 0.15) is 11.5 Å². The van der Waals surface area contributed by atoms with Gasteiger partial charge >= 0.3 is 0 Å². The number of pyridine rings is 1. The van der Waals surface area contributed by atoms with Crippen LogP contribution >= 0.6 is 0 Å². The molecule has 0 amide bonds. The van der Waals surface area contributed by atoms with E-state index in [2.05, 4.69) is 18.8 Å². The smallest absolute Gasteiger partial charge is 0.170 e. The van der Waals surface area contributed by atoms with Gasteiger partial charge in [-0.05, 0) is 24.5 Å². The topological polar surface area (TPSA) is 34.4 Å². The molecule has 16 heavy (non-hydrogen) atoms. The number of aryl methyl sites for hydroxylation is 1. The number of aromatic nitrogens is 2. The third-order valence-electron chi connectivity index (χ3n) is 2.59. The number of nitrogens with zero attached hydrogens (tertiary/aromatic N) is 2. The number of carbonyl (C=O) groups is 1. The molecule has 3 nitrogen and oxygen atoms in total. The zero-order valence-electron chi connectivity index (χ0n) is 9.90. The maximum atomic E-state index is 10.9. The molecule has 0 saturated carbocycles. The lowest BCUT2D eigenvalue weighted by atomic mass is 10.1. The van der Waals surface area contributed by atoms with Gasteiger partial charge in [-0.2, -0.15) is 0 Å². The number of rotatable bonds is 3.